The van der Waals surface area contributed by atoms with E-state index >= 15 is 0 Å². The van der Waals surface area contributed by atoms with Crippen LogP contribution in [-0.4, -0.2) is 51.9 Å². The van der Waals surface area contributed by atoms with Crippen molar-refractivity contribution in [1.29, 1.82) is 0 Å². The van der Waals surface area contributed by atoms with Gasteiger partial charge in [0.25, 0.3) is 11.5 Å². The van der Waals surface area contributed by atoms with Crippen molar-refractivity contribution < 1.29 is 9.21 Å². The van der Waals surface area contributed by atoms with E-state index in [1.165, 1.54) is 25.2 Å². The van der Waals surface area contributed by atoms with Crippen LogP contribution in [-0.2, 0) is 6.54 Å². The fourth-order valence-electron chi connectivity index (χ4n) is 3.90. The van der Waals surface area contributed by atoms with Crippen LogP contribution in [0.1, 0.15) is 53.6 Å². The zero-order chi connectivity index (χ0) is 17.9. The van der Waals surface area contributed by atoms with E-state index in [2.05, 4.69) is 14.9 Å². The van der Waals surface area contributed by atoms with E-state index in [1.54, 1.807) is 6.07 Å². The van der Waals surface area contributed by atoms with E-state index in [1.807, 2.05) is 11.0 Å². The smallest absolute Gasteiger partial charge is 0.289 e. The minimum absolute atomic E-state index is 0.0767. The van der Waals surface area contributed by atoms with Crippen LogP contribution in [0, 0.1) is 0 Å². The van der Waals surface area contributed by atoms with Gasteiger partial charge < -0.3 is 14.3 Å². The first-order valence-electron chi connectivity index (χ1n) is 9.34. The molecule has 26 heavy (non-hydrogen) atoms. The van der Waals surface area contributed by atoms with Gasteiger partial charge >= 0.3 is 0 Å². The molecular weight excluding hydrogens is 332 g/mol. The second-order valence-corrected chi connectivity index (χ2v) is 7.18. The van der Waals surface area contributed by atoms with Crippen molar-refractivity contribution in [3.05, 3.63) is 52.1 Å². The number of aromatic amines is 1. The summed E-state index contributed by atoms with van der Waals surface area (Å²) in [5.41, 5.74) is 0.594. The van der Waals surface area contributed by atoms with Gasteiger partial charge in [0.05, 0.1) is 18.6 Å². The highest BCUT2D eigenvalue weighted by Gasteiger charge is 2.28. The van der Waals surface area contributed by atoms with Crippen molar-refractivity contribution in [3.63, 3.8) is 0 Å². The molecule has 2 saturated heterocycles. The third-order valence-electron chi connectivity index (χ3n) is 5.28. The molecule has 0 saturated carbocycles. The molecule has 0 bridgehead atoms. The lowest BCUT2D eigenvalue weighted by Gasteiger charge is -2.31. The number of amides is 1. The summed E-state index contributed by atoms with van der Waals surface area (Å²) in [5.74, 6) is 1.26. The van der Waals surface area contributed by atoms with Crippen LogP contribution in [0.15, 0.2) is 33.7 Å². The summed E-state index contributed by atoms with van der Waals surface area (Å²) in [6.45, 7) is 4.24. The number of nitrogens with zero attached hydrogens (tertiary/aromatic N) is 3. The summed E-state index contributed by atoms with van der Waals surface area (Å²) in [6.07, 6.45) is 5.72. The van der Waals surface area contributed by atoms with E-state index < -0.39 is 0 Å². The number of nitrogens with one attached hydrogen (secondary N) is 1. The molecule has 4 heterocycles. The molecule has 138 valence electrons. The van der Waals surface area contributed by atoms with E-state index in [-0.39, 0.29) is 17.4 Å². The molecule has 1 atom stereocenters. The summed E-state index contributed by atoms with van der Waals surface area (Å²) in [6, 6.07) is 5.22. The number of piperidine rings is 1. The van der Waals surface area contributed by atoms with E-state index in [0.29, 0.717) is 18.8 Å². The number of H-pyrrole nitrogens is 1. The zero-order valence-corrected chi connectivity index (χ0v) is 14.8. The summed E-state index contributed by atoms with van der Waals surface area (Å²) in [4.78, 5) is 35.3. The molecule has 7 heteroatoms. The fraction of sp³-hybridized carbons (Fsp3) is 0.526. The van der Waals surface area contributed by atoms with Crippen LogP contribution in [0.5, 0.6) is 0 Å². The maximum Gasteiger partial charge on any atom is 0.289 e. The highest BCUT2D eigenvalue weighted by atomic mass is 16.4. The monoisotopic (exact) mass is 356 g/mol. The van der Waals surface area contributed by atoms with Crippen molar-refractivity contribution in [3.8, 4) is 0 Å². The van der Waals surface area contributed by atoms with Gasteiger partial charge in [0.1, 0.15) is 5.76 Å². The summed E-state index contributed by atoms with van der Waals surface area (Å²) < 4.78 is 5.82. The highest BCUT2D eigenvalue weighted by Crippen LogP contribution is 2.26. The van der Waals surface area contributed by atoms with Crippen LogP contribution in [0.25, 0.3) is 0 Å². The standard InChI is InChI=1S/C19H24N4O3/c24-18-10-16(20-13-21-18)14-4-3-9-23(11-14)19(25)17-6-5-15(26-17)12-22-7-1-2-8-22/h5-6,10,13-14H,1-4,7-9,11-12H2,(H,20,21,24)/t14-/m0/s1. The van der Waals surface area contributed by atoms with Gasteiger partial charge in [-0.15, -0.1) is 0 Å². The van der Waals surface area contributed by atoms with Gasteiger partial charge in [-0.2, -0.15) is 0 Å². The lowest BCUT2D eigenvalue weighted by atomic mass is 9.94. The first kappa shape index (κ1) is 17.0. The van der Waals surface area contributed by atoms with Gasteiger partial charge in [-0.05, 0) is 50.9 Å². The lowest BCUT2D eigenvalue weighted by molar-refractivity contribution is 0.0670. The Morgan fingerprint density at radius 1 is 1.23 bits per heavy atom. The number of likely N-dealkylation sites (tertiary alicyclic amines) is 2. The highest BCUT2D eigenvalue weighted by molar-refractivity contribution is 5.91. The number of hydrogen-bond acceptors (Lipinski definition) is 5. The molecule has 0 radical (unpaired) electrons. The minimum Gasteiger partial charge on any atom is -0.455 e. The van der Waals surface area contributed by atoms with Crippen LogP contribution in [0.3, 0.4) is 0 Å². The van der Waals surface area contributed by atoms with E-state index in [0.717, 1.165) is 43.9 Å². The Hall–Kier alpha value is -2.41. The molecule has 0 spiro atoms. The van der Waals surface area contributed by atoms with Gasteiger partial charge in [-0.25, -0.2) is 4.98 Å². The van der Waals surface area contributed by atoms with Gasteiger partial charge in [0, 0.05) is 25.1 Å². The molecule has 1 N–H and O–H groups in total. The summed E-state index contributed by atoms with van der Waals surface area (Å²) in [7, 11) is 0. The van der Waals surface area contributed by atoms with E-state index in [9.17, 15) is 9.59 Å². The molecule has 2 aliphatic heterocycles. The van der Waals surface area contributed by atoms with E-state index in [4.69, 9.17) is 4.42 Å². The zero-order valence-electron chi connectivity index (χ0n) is 14.8. The normalized spacial score (nSPS) is 21.2. The predicted molar refractivity (Wildman–Crippen MR) is 96.0 cm³/mol. The average molecular weight is 356 g/mol. The lowest BCUT2D eigenvalue weighted by Crippen LogP contribution is -2.39. The first-order valence-corrected chi connectivity index (χ1v) is 9.34. The van der Waals surface area contributed by atoms with Crippen LogP contribution in [0.4, 0.5) is 0 Å². The topological polar surface area (TPSA) is 82.4 Å². The molecule has 7 nitrogen and oxygen atoms in total. The second-order valence-electron chi connectivity index (χ2n) is 7.18. The Bertz CT molecular complexity index is 822. The number of hydrogen-bond donors (Lipinski definition) is 1. The molecule has 0 aliphatic carbocycles. The quantitative estimate of drug-likeness (QED) is 0.906. The molecule has 1 amide bonds. The summed E-state index contributed by atoms with van der Waals surface area (Å²) >= 11 is 0. The SMILES string of the molecule is O=C(c1ccc(CN2CCCC2)o1)N1CCC[C@H](c2cc(=O)[nH]cn2)C1. The molecule has 0 unspecified atom stereocenters. The molecule has 2 fully saturated rings. The number of aromatic nitrogens is 2. The maximum absolute atomic E-state index is 12.8. The van der Waals surface area contributed by atoms with Crippen molar-refractivity contribution in [1.82, 2.24) is 19.8 Å². The largest absolute Gasteiger partial charge is 0.455 e. The van der Waals surface area contributed by atoms with Crippen LogP contribution < -0.4 is 5.56 Å². The van der Waals surface area contributed by atoms with Crippen molar-refractivity contribution in [2.45, 2.75) is 38.1 Å². The predicted octanol–water partition coefficient (Wildman–Crippen LogP) is 1.98. The van der Waals surface area contributed by atoms with Gasteiger partial charge in [0.2, 0.25) is 0 Å². The van der Waals surface area contributed by atoms with Gasteiger partial charge in [-0.1, -0.05) is 0 Å². The van der Waals surface area contributed by atoms with Crippen LogP contribution >= 0.6 is 0 Å². The van der Waals surface area contributed by atoms with Crippen molar-refractivity contribution >= 4 is 5.91 Å². The van der Waals surface area contributed by atoms with Crippen molar-refractivity contribution in [2.24, 2.45) is 0 Å². The van der Waals surface area contributed by atoms with Crippen LogP contribution in [0.2, 0.25) is 0 Å². The molecule has 4 rings (SSSR count). The Balaban J connectivity index is 1.42. The molecule has 2 aromatic heterocycles. The fourth-order valence-corrected chi connectivity index (χ4v) is 3.90. The molecule has 0 aromatic carbocycles. The third-order valence-corrected chi connectivity index (χ3v) is 5.28. The average Bonchev–Trinajstić information content (AvgIpc) is 3.34. The Labute approximate surface area is 152 Å². The Morgan fingerprint density at radius 3 is 2.88 bits per heavy atom. The first-order chi connectivity index (χ1) is 12.7. The van der Waals surface area contributed by atoms with Crippen molar-refractivity contribution in [2.75, 3.05) is 26.2 Å². The number of furan rings is 1. The third kappa shape index (κ3) is 3.72. The minimum atomic E-state index is -0.156. The molecule has 2 aliphatic rings. The summed E-state index contributed by atoms with van der Waals surface area (Å²) in [5, 5.41) is 0. The van der Waals surface area contributed by atoms with Gasteiger partial charge in [-0.3, -0.25) is 14.5 Å². The number of carbonyl (C=O) groups is 1. The molecule has 2 aromatic rings. The Kier molecular flexibility index (Phi) is 4.88. The number of carbonyl (C=O) groups excluding carboxylic acids is 1. The Morgan fingerprint density at radius 2 is 2.08 bits per heavy atom. The molecular formula is C19H24N4O3. The number of rotatable bonds is 4. The maximum atomic E-state index is 12.8. The second kappa shape index (κ2) is 7.45. The van der Waals surface area contributed by atoms with Gasteiger partial charge in [0.15, 0.2) is 5.76 Å².